The van der Waals surface area contributed by atoms with Crippen LogP contribution in [0.25, 0.3) is 0 Å². The van der Waals surface area contributed by atoms with Gasteiger partial charge in [0.15, 0.2) is 4.47 Å². The Morgan fingerprint density at radius 2 is 2.37 bits per heavy atom. The third-order valence-corrected chi connectivity index (χ3v) is 3.54. The Morgan fingerprint density at radius 3 is 2.95 bits per heavy atom. The van der Waals surface area contributed by atoms with Gasteiger partial charge in [0.25, 0.3) is 0 Å². The van der Waals surface area contributed by atoms with Crippen molar-refractivity contribution in [3.63, 3.8) is 0 Å². The molecule has 0 aliphatic heterocycles. The zero-order valence-corrected chi connectivity index (χ0v) is 11.6. The van der Waals surface area contributed by atoms with E-state index in [-0.39, 0.29) is 5.56 Å². The quantitative estimate of drug-likeness (QED) is 0.887. The fourth-order valence-corrected chi connectivity index (χ4v) is 2.45. The molecule has 0 spiro atoms. The Kier molecular flexibility index (Phi) is 4.24. The maximum atomic E-state index is 11.0. The van der Waals surface area contributed by atoms with E-state index in [4.69, 9.17) is 21.4 Å². The Hall–Kier alpha value is -1.79. The van der Waals surface area contributed by atoms with Crippen molar-refractivity contribution in [2.75, 3.05) is 12.4 Å². The van der Waals surface area contributed by atoms with E-state index in [2.05, 4.69) is 10.3 Å². The van der Waals surface area contributed by atoms with Crippen molar-refractivity contribution in [3.05, 3.63) is 39.3 Å². The van der Waals surface area contributed by atoms with Crippen LogP contribution < -0.4 is 10.1 Å². The molecule has 19 heavy (non-hydrogen) atoms. The highest BCUT2D eigenvalue weighted by Gasteiger charge is 2.11. The van der Waals surface area contributed by atoms with Gasteiger partial charge in [-0.2, -0.15) is 0 Å². The van der Waals surface area contributed by atoms with Gasteiger partial charge >= 0.3 is 5.97 Å². The summed E-state index contributed by atoms with van der Waals surface area (Å²) in [5.41, 5.74) is 0.903. The lowest BCUT2D eigenvalue weighted by atomic mass is 10.2. The molecule has 100 valence electrons. The molecule has 7 heteroatoms. The van der Waals surface area contributed by atoms with Crippen molar-refractivity contribution in [1.29, 1.82) is 0 Å². The van der Waals surface area contributed by atoms with Gasteiger partial charge in [-0.3, -0.25) is 0 Å². The number of ether oxygens (including phenoxy) is 1. The van der Waals surface area contributed by atoms with Crippen molar-refractivity contribution in [2.24, 2.45) is 0 Å². The van der Waals surface area contributed by atoms with Gasteiger partial charge in [-0.25, -0.2) is 9.78 Å². The number of aromatic carboxylic acids is 1. The molecule has 1 aromatic heterocycles. The van der Waals surface area contributed by atoms with Crippen molar-refractivity contribution in [2.45, 2.75) is 6.54 Å². The molecule has 0 radical (unpaired) electrons. The monoisotopic (exact) mass is 298 g/mol. The van der Waals surface area contributed by atoms with E-state index >= 15 is 0 Å². The maximum absolute atomic E-state index is 11.0. The minimum Gasteiger partial charge on any atom is -0.496 e. The normalized spacial score (nSPS) is 10.2. The van der Waals surface area contributed by atoms with Crippen molar-refractivity contribution < 1.29 is 14.6 Å². The predicted molar refractivity (Wildman–Crippen MR) is 74.4 cm³/mol. The summed E-state index contributed by atoms with van der Waals surface area (Å²) in [6.07, 6.45) is 1.70. The SMILES string of the molecule is COc1cc(NCc2cnc(Cl)s2)ccc1C(=O)O. The zero-order valence-electron chi connectivity index (χ0n) is 10.0. The summed E-state index contributed by atoms with van der Waals surface area (Å²) in [5.74, 6) is -0.697. The molecule has 0 aliphatic rings. The highest BCUT2D eigenvalue weighted by atomic mass is 35.5. The summed E-state index contributed by atoms with van der Waals surface area (Å²) in [6.45, 7) is 0.569. The summed E-state index contributed by atoms with van der Waals surface area (Å²) in [7, 11) is 1.44. The molecular formula is C12H11ClN2O3S. The van der Waals surface area contributed by atoms with Crippen LogP contribution in [0.4, 0.5) is 5.69 Å². The molecule has 0 fully saturated rings. The van der Waals surface area contributed by atoms with Crippen LogP contribution in [0.15, 0.2) is 24.4 Å². The second-order valence-corrected chi connectivity index (χ2v) is 5.35. The lowest BCUT2D eigenvalue weighted by Crippen LogP contribution is -2.03. The summed E-state index contributed by atoms with van der Waals surface area (Å²) in [6, 6.07) is 4.84. The Morgan fingerprint density at radius 1 is 1.58 bits per heavy atom. The highest BCUT2D eigenvalue weighted by Crippen LogP contribution is 2.24. The number of methoxy groups -OCH3 is 1. The second-order valence-electron chi connectivity index (χ2n) is 3.65. The number of carbonyl (C=O) groups is 1. The molecule has 0 aliphatic carbocycles. The van der Waals surface area contributed by atoms with Crippen LogP contribution in [0.3, 0.4) is 0 Å². The Labute approximate surface area is 118 Å². The minimum absolute atomic E-state index is 0.133. The molecule has 2 N–H and O–H groups in total. The van der Waals surface area contributed by atoms with Crippen LogP contribution in [0.1, 0.15) is 15.2 Å². The first-order valence-corrected chi connectivity index (χ1v) is 6.55. The zero-order chi connectivity index (χ0) is 13.8. The lowest BCUT2D eigenvalue weighted by Gasteiger charge is -2.09. The van der Waals surface area contributed by atoms with E-state index < -0.39 is 5.97 Å². The van der Waals surface area contributed by atoms with Gasteiger partial charge in [-0.1, -0.05) is 11.6 Å². The summed E-state index contributed by atoms with van der Waals surface area (Å²) in [4.78, 5) is 15.9. The molecular weight excluding hydrogens is 288 g/mol. The van der Waals surface area contributed by atoms with E-state index in [0.29, 0.717) is 16.8 Å². The van der Waals surface area contributed by atoms with Crippen molar-refractivity contribution in [3.8, 4) is 5.75 Å². The standard InChI is InChI=1S/C12H11ClN2O3S/c1-18-10-4-7(2-3-9(10)11(16)17)14-5-8-6-15-12(13)19-8/h2-4,6,14H,5H2,1H3,(H,16,17). The largest absolute Gasteiger partial charge is 0.496 e. The van der Waals surface area contributed by atoms with Crippen LogP contribution in [0, 0.1) is 0 Å². The first kappa shape index (κ1) is 13.6. The molecule has 0 bridgehead atoms. The molecule has 0 saturated heterocycles. The third kappa shape index (κ3) is 3.36. The summed E-state index contributed by atoms with van der Waals surface area (Å²) in [5, 5.41) is 12.1. The second kappa shape index (κ2) is 5.90. The average molecular weight is 299 g/mol. The molecule has 2 aromatic rings. The molecule has 5 nitrogen and oxygen atoms in total. The van der Waals surface area contributed by atoms with Gasteiger partial charge in [0.2, 0.25) is 0 Å². The van der Waals surface area contributed by atoms with Gasteiger partial charge in [-0.15, -0.1) is 11.3 Å². The van der Waals surface area contributed by atoms with Gasteiger partial charge in [0, 0.05) is 22.8 Å². The van der Waals surface area contributed by atoms with E-state index in [9.17, 15) is 4.79 Å². The van der Waals surface area contributed by atoms with Gasteiger partial charge in [0.1, 0.15) is 11.3 Å². The highest BCUT2D eigenvalue weighted by molar-refractivity contribution is 7.15. The number of thiazole rings is 1. The molecule has 1 aromatic carbocycles. The van der Waals surface area contributed by atoms with Gasteiger partial charge in [0.05, 0.1) is 13.7 Å². The number of halogens is 1. The smallest absolute Gasteiger partial charge is 0.339 e. The first-order chi connectivity index (χ1) is 9.10. The number of nitrogens with one attached hydrogen (secondary N) is 1. The van der Waals surface area contributed by atoms with Crippen LogP contribution in [0.2, 0.25) is 4.47 Å². The molecule has 0 unspecified atom stereocenters. The van der Waals surface area contributed by atoms with Gasteiger partial charge < -0.3 is 15.2 Å². The predicted octanol–water partition coefficient (Wildman–Crippen LogP) is 3.12. The molecule has 0 atom stereocenters. The van der Waals surface area contributed by atoms with Gasteiger partial charge in [-0.05, 0) is 12.1 Å². The number of aromatic nitrogens is 1. The molecule has 1 heterocycles. The maximum Gasteiger partial charge on any atom is 0.339 e. The van der Waals surface area contributed by atoms with E-state index in [1.807, 2.05) is 0 Å². The van der Waals surface area contributed by atoms with E-state index in [1.54, 1.807) is 18.3 Å². The van der Waals surface area contributed by atoms with Crippen LogP contribution in [-0.4, -0.2) is 23.2 Å². The summed E-state index contributed by atoms with van der Waals surface area (Å²) >= 11 is 7.13. The number of benzene rings is 1. The van der Waals surface area contributed by atoms with Crippen LogP contribution >= 0.6 is 22.9 Å². The van der Waals surface area contributed by atoms with E-state index in [0.717, 1.165) is 10.6 Å². The third-order valence-electron chi connectivity index (χ3n) is 2.42. The number of hydrogen-bond donors (Lipinski definition) is 2. The number of anilines is 1. The topological polar surface area (TPSA) is 71.5 Å². The van der Waals surface area contributed by atoms with Crippen molar-refractivity contribution in [1.82, 2.24) is 4.98 Å². The van der Waals surface area contributed by atoms with Crippen LogP contribution in [-0.2, 0) is 6.54 Å². The van der Waals surface area contributed by atoms with Crippen molar-refractivity contribution >= 4 is 34.6 Å². The minimum atomic E-state index is -1.02. The Bertz CT molecular complexity index is 600. The molecule has 0 saturated carbocycles. The average Bonchev–Trinajstić information content (AvgIpc) is 2.81. The van der Waals surface area contributed by atoms with E-state index in [1.165, 1.54) is 24.5 Å². The lowest BCUT2D eigenvalue weighted by molar-refractivity contribution is 0.0693. The number of carboxylic acid groups (broad SMARTS) is 1. The number of rotatable bonds is 5. The number of carboxylic acids is 1. The molecule has 2 rings (SSSR count). The van der Waals surface area contributed by atoms with Crippen LogP contribution in [0.5, 0.6) is 5.75 Å². The molecule has 0 amide bonds. The summed E-state index contributed by atoms with van der Waals surface area (Å²) < 4.78 is 5.55. The fourth-order valence-electron chi connectivity index (χ4n) is 1.53. The fraction of sp³-hybridized carbons (Fsp3) is 0.167. The first-order valence-electron chi connectivity index (χ1n) is 5.35. The number of hydrogen-bond acceptors (Lipinski definition) is 5. The Balaban J connectivity index is 2.11. The number of nitrogens with zero attached hydrogens (tertiary/aromatic N) is 1.